The van der Waals surface area contributed by atoms with Crippen molar-refractivity contribution >= 4 is 11.9 Å². The molecule has 2 aliphatic rings. The fourth-order valence-electron chi connectivity index (χ4n) is 2.91. The van der Waals surface area contributed by atoms with Crippen molar-refractivity contribution in [1.82, 2.24) is 21.5 Å². The molecule has 1 heterocycles. The minimum Gasteiger partial charge on any atom is -0.394 e. The Morgan fingerprint density at radius 3 is 2.46 bits per heavy atom. The monoisotopic (exact) mass is 383 g/mol. The molecule has 11 heteroatoms. The molecule has 3 atom stereocenters. The summed E-state index contributed by atoms with van der Waals surface area (Å²) in [5.74, 6) is -0.733. The zero-order valence-corrected chi connectivity index (χ0v) is 14.4. The fraction of sp³-hybridized carbons (Fsp3) is 0.867. The van der Waals surface area contributed by atoms with Crippen LogP contribution in [0.15, 0.2) is 4.99 Å². The van der Waals surface area contributed by atoms with E-state index in [9.17, 15) is 22.4 Å². The Hall–Kier alpha value is -1.46. The topological polar surface area (TPSA) is 97.8 Å². The summed E-state index contributed by atoms with van der Waals surface area (Å²) in [6.07, 6.45) is -5.07. The lowest BCUT2D eigenvalue weighted by Crippen LogP contribution is -2.49. The standard InChI is InChI=1S/C15H25F4N5O2/c1-8(7-25)20-14(21-12-6-11(23-24-12)15(17,18)19)22-13(26)9-2-4-10(16)5-3-9/h8-12,23-25H,2-7H2,1H3,(H2,20,21,22,26)/t8-,9?,10?,11?,12?/m0/s1. The van der Waals surface area contributed by atoms with Gasteiger partial charge in [-0.1, -0.05) is 0 Å². The molecular formula is C15H25F4N5O2. The third-order valence-corrected chi connectivity index (χ3v) is 4.49. The predicted molar refractivity (Wildman–Crippen MR) is 86.6 cm³/mol. The maximum absolute atomic E-state index is 13.2. The number of hydrogen-bond acceptors (Lipinski definition) is 5. The van der Waals surface area contributed by atoms with Gasteiger partial charge in [0, 0.05) is 18.4 Å². The van der Waals surface area contributed by atoms with Crippen molar-refractivity contribution in [1.29, 1.82) is 0 Å². The summed E-state index contributed by atoms with van der Waals surface area (Å²) >= 11 is 0. The van der Waals surface area contributed by atoms with Gasteiger partial charge in [0.25, 0.3) is 0 Å². The van der Waals surface area contributed by atoms with Crippen LogP contribution in [0.4, 0.5) is 17.6 Å². The van der Waals surface area contributed by atoms with Crippen molar-refractivity contribution in [3.05, 3.63) is 0 Å². The Morgan fingerprint density at radius 2 is 1.92 bits per heavy atom. The maximum atomic E-state index is 13.2. The molecule has 0 radical (unpaired) electrons. The number of guanidine groups is 1. The molecule has 2 fully saturated rings. The number of aliphatic hydroxyl groups is 1. The van der Waals surface area contributed by atoms with Gasteiger partial charge in [-0.05, 0) is 32.6 Å². The summed E-state index contributed by atoms with van der Waals surface area (Å²) in [6.45, 7) is 1.39. The lowest BCUT2D eigenvalue weighted by molar-refractivity contribution is -0.153. The Kier molecular flexibility index (Phi) is 7.18. The van der Waals surface area contributed by atoms with Gasteiger partial charge in [-0.25, -0.2) is 20.2 Å². The fourth-order valence-corrected chi connectivity index (χ4v) is 2.91. The molecule has 1 saturated carbocycles. The Labute approximate surface area is 149 Å². The van der Waals surface area contributed by atoms with E-state index in [1.807, 2.05) is 0 Å². The number of carbonyl (C=O) groups excluding carboxylic acids is 1. The summed E-state index contributed by atoms with van der Waals surface area (Å²) in [4.78, 5) is 16.4. The highest BCUT2D eigenvalue weighted by Crippen LogP contribution is 2.27. The van der Waals surface area contributed by atoms with Gasteiger partial charge in [-0.3, -0.25) is 10.1 Å². The molecule has 1 saturated heterocycles. The lowest BCUT2D eigenvalue weighted by Gasteiger charge is -2.24. The number of hydrazine groups is 1. The molecule has 1 aliphatic heterocycles. The van der Waals surface area contributed by atoms with Crippen molar-refractivity contribution < 1.29 is 27.5 Å². The molecule has 5 N–H and O–H groups in total. The first kappa shape index (κ1) is 20.8. The average Bonchev–Trinajstić information content (AvgIpc) is 3.04. The first-order chi connectivity index (χ1) is 12.2. The van der Waals surface area contributed by atoms with Gasteiger partial charge in [-0.2, -0.15) is 13.2 Å². The minimum absolute atomic E-state index is 0.0129. The molecular weight excluding hydrogens is 358 g/mol. The van der Waals surface area contributed by atoms with E-state index >= 15 is 0 Å². The molecule has 150 valence electrons. The van der Waals surface area contributed by atoms with Crippen LogP contribution in [0.2, 0.25) is 0 Å². The zero-order valence-electron chi connectivity index (χ0n) is 14.4. The molecule has 7 nitrogen and oxygen atoms in total. The molecule has 2 unspecified atom stereocenters. The maximum Gasteiger partial charge on any atom is 0.405 e. The van der Waals surface area contributed by atoms with E-state index in [0.29, 0.717) is 25.7 Å². The van der Waals surface area contributed by atoms with Crippen LogP contribution < -0.4 is 21.5 Å². The van der Waals surface area contributed by atoms with Crippen molar-refractivity contribution in [2.24, 2.45) is 10.9 Å². The van der Waals surface area contributed by atoms with Crippen LogP contribution in [0, 0.1) is 5.92 Å². The summed E-state index contributed by atoms with van der Waals surface area (Å²) in [6, 6.07) is -2.19. The van der Waals surface area contributed by atoms with E-state index in [0.717, 1.165) is 0 Å². The van der Waals surface area contributed by atoms with E-state index in [1.54, 1.807) is 6.92 Å². The number of halogens is 4. The van der Waals surface area contributed by atoms with E-state index in [-0.39, 0.29) is 30.8 Å². The second-order valence-electron chi connectivity index (χ2n) is 6.78. The van der Waals surface area contributed by atoms with Crippen LogP contribution in [0.5, 0.6) is 0 Å². The van der Waals surface area contributed by atoms with E-state index in [2.05, 4.69) is 26.5 Å². The highest BCUT2D eigenvalue weighted by molar-refractivity contribution is 5.98. The zero-order chi connectivity index (χ0) is 19.3. The highest BCUT2D eigenvalue weighted by atomic mass is 19.4. The number of aliphatic imine (C=N–C) groups is 1. The van der Waals surface area contributed by atoms with Crippen LogP contribution in [-0.4, -0.2) is 54.2 Å². The van der Waals surface area contributed by atoms with Crippen molar-refractivity contribution in [2.45, 2.75) is 69.6 Å². The van der Waals surface area contributed by atoms with Gasteiger partial charge in [0.1, 0.15) is 18.4 Å². The molecule has 0 bridgehead atoms. The first-order valence-electron chi connectivity index (χ1n) is 8.67. The Bertz CT molecular complexity index is 509. The molecule has 26 heavy (non-hydrogen) atoms. The number of nitrogens with zero attached hydrogens (tertiary/aromatic N) is 1. The quantitative estimate of drug-likeness (QED) is 0.280. The third-order valence-electron chi connectivity index (χ3n) is 4.49. The second-order valence-corrected chi connectivity index (χ2v) is 6.78. The SMILES string of the molecule is C[C@@H](CO)N/C(=N\C1CC(C(F)(F)F)NN1)NC(=O)C1CCC(F)CC1. The summed E-state index contributed by atoms with van der Waals surface area (Å²) < 4.78 is 51.4. The number of amides is 1. The first-order valence-corrected chi connectivity index (χ1v) is 8.67. The normalized spacial score (nSPS) is 31.5. The number of rotatable bonds is 4. The predicted octanol–water partition coefficient (Wildman–Crippen LogP) is 0.712. The number of aliphatic hydroxyl groups excluding tert-OH is 1. The van der Waals surface area contributed by atoms with Gasteiger partial charge in [-0.15, -0.1) is 0 Å². The van der Waals surface area contributed by atoms with E-state index in [1.165, 1.54) is 0 Å². The Morgan fingerprint density at radius 1 is 1.27 bits per heavy atom. The highest BCUT2D eigenvalue weighted by Gasteiger charge is 2.44. The summed E-state index contributed by atoms with van der Waals surface area (Å²) in [5, 5.41) is 14.5. The molecule has 2 rings (SSSR count). The van der Waals surface area contributed by atoms with E-state index < -0.39 is 30.6 Å². The van der Waals surface area contributed by atoms with Crippen LogP contribution in [-0.2, 0) is 4.79 Å². The third kappa shape index (κ3) is 6.06. The Balaban J connectivity index is 2.00. The molecule has 0 aromatic rings. The average molecular weight is 383 g/mol. The van der Waals surface area contributed by atoms with Crippen LogP contribution >= 0.6 is 0 Å². The summed E-state index contributed by atoms with van der Waals surface area (Å²) in [5.41, 5.74) is 4.56. The van der Waals surface area contributed by atoms with Gasteiger partial charge in [0.15, 0.2) is 5.96 Å². The van der Waals surface area contributed by atoms with Crippen molar-refractivity contribution in [2.75, 3.05) is 6.61 Å². The van der Waals surface area contributed by atoms with Gasteiger partial charge in [0.2, 0.25) is 5.91 Å². The molecule has 0 aromatic carbocycles. The number of nitrogens with one attached hydrogen (secondary N) is 4. The van der Waals surface area contributed by atoms with Gasteiger partial charge < -0.3 is 10.4 Å². The summed E-state index contributed by atoms with van der Waals surface area (Å²) in [7, 11) is 0. The number of alkyl halides is 4. The largest absolute Gasteiger partial charge is 0.405 e. The van der Waals surface area contributed by atoms with Gasteiger partial charge >= 0.3 is 6.18 Å². The molecule has 1 aliphatic carbocycles. The second kappa shape index (κ2) is 8.96. The lowest BCUT2D eigenvalue weighted by atomic mass is 9.87. The molecule has 0 spiro atoms. The molecule has 0 aromatic heterocycles. The molecule has 1 amide bonds. The van der Waals surface area contributed by atoms with Crippen LogP contribution in [0.1, 0.15) is 39.0 Å². The van der Waals surface area contributed by atoms with E-state index in [4.69, 9.17) is 5.11 Å². The van der Waals surface area contributed by atoms with Gasteiger partial charge in [0.05, 0.1) is 6.61 Å². The number of hydrogen-bond donors (Lipinski definition) is 5. The smallest absolute Gasteiger partial charge is 0.394 e. The van der Waals surface area contributed by atoms with Crippen LogP contribution in [0.25, 0.3) is 0 Å². The minimum atomic E-state index is -4.41. The van der Waals surface area contributed by atoms with Crippen LogP contribution in [0.3, 0.4) is 0 Å². The van der Waals surface area contributed by atoms with Crippen molar-refractivity contribution in [3.63, 3.8) is 0 Å². The number of carbonyl (C=O) groups is 1. The van der Waals surface area contributed by atoms with Crippen molar-refractivity contribution in [3.8, 4) is 0 Å².